The third-order valence-electron chi connectivity index (χ3n) is 6.16. The lowest BCUT2D eigenvalue weighted by molar-refractivity contribution is 1.43. The van der Waals surface area contributed by atoms with Gasteiger partial charge >= 0.3 is 0 Å². The lowest BCUT2D eigenvalue weighted by Gasteiger charge is -1.99. The second-order valence-electron chi connectivity index (χ2n) is 8.41. The van der Waals surface area contributed by atoms with E-state index in [2.05, 4.69) is 70.6 Å². The van der Waals surface area contributed by atoms with E-state index in [9.17, 15) is 0 Å². The highest BCUT2D eigenvalue weighted by Gasteiger charge is 2.13. The van der Waals surface area contributed by atoms with Crippen LogP contribution in [0.25, 0.3) is 70.0 Å². The monoisotopic (exact) mass is 570 g/mol. The summed E-state index contributed by atoms with van der Waals surface area (Å²) >= 11 is 10.9. The van der Waals surface area contributed by atoms with Gasteiger partial charge in [0, 0.05) is 51.1 Å². The fourth-order valence-corrected chi connectivity index (χ4v) is 10.2. The van der Waals surface area contributed by atoms with Crippen LogP contribution in [0.3, 0.4) is 0 Å². The zero-order chi connectivity index (χ0) is 23.6. The molecule has 8 rings (SSSR count). The summed E-state index contributed by atoms with van der Waals surface area (Å²) in [6, 6.07) is 23.0. The standard InChI is InChI=1S/C28H14N2S6/c1-3-21(27-11-29-13-31-27)33-19(1)25-9-17-5-15-8-24-18(6-16(15)7-23(17)35-25)10-26(36-24)20-2-4-22(34-20)28-12-30-14-32-28/h1-14H. The van der Waals surface area contributed by atoms with Gasteiger partial charge in [-0.05, 0) is 82.2 Å². The highest BCUT2D eigenvalue weighted by Crippen LogP contribution is 2.44. The molecular weight excluding hydrogens is 557 g/mol. The average Bonchev–Trinajstić information content (AvgIpc) is 3.70. The average molecular weight is 571 g/mol. The lowest BCUT2D eigenvalue weighted by atomic mass is 10.1. The summed E-state index contributed by atoms with van der Waals surface area (Å²) in [5.41, 5.74) is 3.79. The van der Waals surface area contributed by atoms with Crippen LogP contribution in [0, 0.1) is 0 Å². The van der Waals surface area contributed by atoms with Crippen LogP contribution in [0.15, 0.2) is 84.1 Å². The zero-order valence-corrected chi connectivity index (χ0v) is 23.3. The number of aromatic nitrogens is 2. The minimum Gasteiger partial charge on any atom is -0.252 e. The van der Waals surface area contributed by atoms with E-state index in [1.54, 1.807) is 22.7 Å². The Hall–Kier alpha value is -2.72. The number of rotatable bonds is 4. The van der Waals surface area contributed by atoms with Gasteiger partial charge in [0.05, 0.1) is 20.8 Å². The molecule has 8 aromatic rings. The topological polar surface area (TPSA) is 25.8 Å². The van der Waals surface area contributed by atoms with Gasteiger partial charge in [-0.3, -0.25) is 9.97 Å². The maximum Gasteiger partial charge on any atom is 0.0798 e. The Kier molecular flexibility index (Phi) is 4.99. The summed E-state index contributed by atoms with van der Waals surface area (Å²) in [7, 11) is 0. The minimum atomic E-state index is 1.24. The Morgan fingerprint density at radius 1 is 0.389 bits per heavy atom. The molecule has 6 aromatic heterocycles. The molecule has 0 fully saturated rings. The van der Waals surface area contributed by atoms with Crippen molar-refractivity contribution >= 4 is 99.0 Å². The Bertz CT molecular complexity index is 1790. The number of fused-ring (bicyclic) bond motifs is 3. The van der Waals surface area contributed by atoms with Gasteiger partial charge in [-0.15, -0.1) is 68.0 Å². The van der Waals surface area contributed by atoms with Crippen LogP contribution in [0.1, 0.15) is 0 Å². The molecule has 2 nitrogen and oxygen atoms in total. The van der Waals surface area contributed by atoms with Gasteiger partial charge in [-0.25, -0.2) is 0 Å². The third-order valence-corrected chi connectivity index (χ3v) is 12.9. The maximum absolute atomic E-state index is 4.23. The zero-order valence-electron chi connectivity index (χ0n) is 18.4. The van der Waals surface area contributed by atoms with E-state index >= 15 is 0 Å². The highest BCUT2D eigenvalue weighted by atomic mass is 32.1. The summed E-state index contributed by atoms with van der Waals surface area (Å²) in [6.45, 7) is 0. The summed E-state index contributed by atoms with van der Waals surface area (Å²) in [4.78, 5) is 18.8. The van der Waals surface area contributed by atoms with Crippen LogP contribution in [-0.4, -0.2) is 9.97 Å². The Morgan fingerprint density at radius 2 is 0.833 bits per heavy atom. The Morgan fingerprint density at radius 3 is 1.25 bits per heavy atom. The van der Waals surface area contributed by atoms with E-state index in [1.807, 2.05) is 68.8 Å². The molecule has 36 heavy (non-hydrogen) atoms. The minimum absolute atomic E-state index is 1.24. The van der Waals surface area contributed by atoms with Crippen molar-refractivity contribution in [2.24, 2.45) is 0 Å². The quantitative estimate of drug-likeness (QED) is 0.210. The number of benzene rings is 2. The summed E-state index contributed by atoms with van der Waals surface area (Å²) in [5, 5.41) is 5.25. The molecule has 0 saturated heterocycles. The van der Waals surface area contributed by atoms with Crippen LogP contribution in [-0.2, 0) is 0 Å². The molecule has 0 aliphatic carbocycles. The van der Waals surface area contributed by atoms with Crippen molar-refractivity contribution in [2.75, 3.05) is 0 Å². The SMILES string of the molecule is c1ncc(-c2ccc(-c3cc4cc5cc6sc(-c7ccc(-c8cncs8)s7)cc6cc5cc4s3)s2)s1. The van der Waals surface area contributed by atoms with Gasteiger partial charge in [0.1, 0.15) is 0 Å². The van der Waals surface area contributed by atoms with Gasteiger partial charge in [-0.2, -0.15) is 0 Å². The van der Waals surface area contributed by atoms with Crippen LogP contribution in [0.4, 0.5) is 0 Å². The normalized spacial score (nSPS) is 11.9. The van der Waals surface area contributed by atoms with Crippen LogP contribution in [0.5, 0.6) is 0 Å². The number of hydrogen-bond acceptors (Lipinski definition) is 8. The molecule has 8 heteroatoms. The summed E-state index contributed by atoms with van der Waals surface area (Å²) in [5.74, 6) is 0. The van der Waals surface area contributed by atoms with Crippen molar-refractivity contribution in [3.8, 4) is 39.0 Å². The van der Waals surface area contributed by atoms with Gasteiger partial charge in [0.2, 0.25) is 0 Å². The van der Waals surface area contributed by atoms with Crippen LogP contribution < -0.4 is 0 Å². The largest absolute Gasteiger partial charge is 0.252 e. The molecule has 6 heterocycles. The molecule has 0 aliphatic rings. The molecule has 0 atom stereocenters. The van der Waals surface area contributed by atoms with Crippen molar-refractivity contribution in [1.82, 2.24) is 9.97 Å². The Labute approximate surface area is 230 Å². The molecule has 172 valence electrons. The maximum atomic E-state index is 4.23. The third kappa shape index (κ3) is 3.60. The second kappa shape index (κ2) is 8.41. The predicted molar refractivity (Wildman–Crippen MR) is 164 cm³/mol. The van der Waals surface area contributed by atoms with Crippen LogP contribution in [0.2, 0.25) is 0 Å². The van der Waals surface area contributed by atoms with Gasteiger partial charge in [0.15, 0.2) is 0 Å². The summed E-state index contributed by atoms with van der Waals surface area (Å²) in [6.07, 6.45) is 3.90. The van der Waals surface area contributed by atoms with Gasteiger partial charge < -0.3 is 0 Å². The number of nitrogens with zero attached hydrogens (tertiary/aromatic N) is 2. The molecular formula is C28H14N2S6. The fraction of sp³-hybridized carbons (Fsp3) is 0. The Balaban J connectivity index is 1.17. The molecule has 0 saturated carbocycles. The molecule has 0 unspecified atom stereocenters. The fourth-order valence-electron chi connectivity index (χ4n) is 4.45. The molecule has 0 bridgehead atoms. The van der Waals surface area contributed by atoms with Crippen molar-refractivity contribution in [1.29, 1.82) is 0 Å². The second-order valence-corrected chi connectivity index (χ2v) is 14.5. The first-order valence-corrected chi connectivity index (χ1v) is 16.2. The first kappa shape index (κ1) is 21.4. The number of thiazole rings is 2. The van der Waals surface area contributed by atoms with Crippen LogP contribution >= 0.6 is 68.0 Å². The van der Waals surface area contributed by atoms with Gasteiger partial charge in [-0.1, -0.05) is 0 Å². The van der Waals surface area contributed by atoms with E-state index < -0.39 is 0 Å². The van der Waals surface area contributed by atoms with Crippen molar-refractivity contribution in [3.05, 3.63) is 84.1 Å². The number of hydrogen-bond donors (Lipinski definition) is 0. The molecule has 0 N–H and O–H groups in total. The molecule has 2 aromatic carbocycles. The molecule has 0 amide bonds. The first-order valence-electron chi connectivity index (χ1n) is 11.2. The van der Waals surface area contributed by atoms with E-state index in [1.165, 1.54) is 70.0 Å². The van der Waals surface area contributed by atoms with E-state index in [0.717, 1.165) is 0 Å². The van der Waals surface area contributed by atoms with Gasteiger partial charge in [0.25, 0.3) is 0 Å². The first-order chi connectivity index (χ1) is 17.8. The molecule has 0 spiro atoms. The van der Waals surface area contributed by atoms with E-state index in [0.29, 0.717) is 0 Å². The predicted octanol–water partition coefficient (Wildman–Crippen LogP) is 11.0. The van der Waals surface area contributed by atoms with Crippen molar-refractivity contribution < 1.29 is 0 Å². The molecule has 0 aliphatic heterocycles. The lowest BCUT2D eigenvalue weighted by Crippen LogP contribution is -1.72. The molecule has 0 radical (unpaired) electrons. The van der Waals surface area contributed by atoms with E-state index in [4.69, 9.17) is 0 Å². The van der Waals surface area contributed by atoms with Crippen molar-refractivity contribution in [2.45, 2.75) is 0 Å². The summed E-state index contributed by atoms with van der Waals surface area (Å²) < 4.78 is 2.68. The highest BCUT2D eigenvalue weighted by molar-refractivity contribution is 7.29. The van der Waals surface area contributed by atoms with E-state index in [-0.39, 0.29) is 0 Å². The van der Waals surface area contributed by atoms with Crippen molar-refractivity contribution in [3.63, 3.8) is 0 Å². The smallest absolute Gasteiger partial charge is 0.0798 e. The number of thiophene rings is 4.